The Morgan fingerprint density at radius 1 is 0.517 bits per heavy atom. The van der Waals surface area contributed by atoms with Gasteiger partial charge in [0, 0.05) is 49.3 Å². The predicted molar refractivity (Wildman–Crippen MR) is 437 cm³/mol. The molecule has 7 fully saturated rings. The molecule has 0 spiro atoms. The molecule has 16 atom stereocenters. The molecule has 4 heterocycles. The van der Waals surface area contributed by atoms with Crippen LogP contribution in [0.5, 0.6) is 0 Å². The Bertz CT molecular complexity index is 3710. The first-order chi connectivity index (χ1) is 54.4. The summed E-state index contributed by atoms with van der Waals surface area (Å²) in [5.41, 5.74) is 6.62. The number of allylic oxidation sites excluding steroid dienone is 4. The van der Waals surface area contributed by atoms with E-state index in [0.29, 0.717) is 23.9 Å². The smallest absolute Gasteiger partial charge is 0.870 e. The molecule has 8 bridgehead atoms. The number of aliphatic imine (C=N–C) groups is 1. The normalized spacial score (nSPS) is 23.6. The number of likely N-dealkylation sites (tertiary alicyclic amines) is 3. The van der Waals surface area contributed by atoms with Gasteiger partial charge in [-0.2, -0.15) is 0 Å². The van der Waals surface area contributed by atoms with Crippen molar-refractivity contribution in [2.24, 2.45) is 34.4 Å². The van der Waals surface area contributed by atoms with Gasteiger partial charge >= 0.3 is 79.2 Å². The number of nitrogens with zero attached hydrogens (tertiary/aromatic N) is 4. The van der Waals surface area contributed by atoms with Crippen LogP contribution in [0.2, 0.25) is 0 Å². The molecule has 30 nitrogen and oxygen atoms in total. The van der Waals surface area contributed by atoms with Gasteiger partial charge in [0.15, 0.2) is 0 Å². The summed E-state index contributed by atoms with van der Waals surface area (Å²) in [5, 5.41) is 20.9. The first-order valence-corrected chi connectivity index (χ1v) is 39.4. The van der Waals surface area contributed by atoms with Gasteiger partial charge in [0.25, 0.3) is 6.29 Å². The second-order valence-corrected chi connectivity index (χ2v) is 33.1. The molecule has 2 amide bonds. The van der Waals surface area contributed by atoms with Crippen LogP contribution in [-0.4, -0.2) is 217 Å². The Balaban J connectivity index is 0.000000458. The van der Waals surface area contributed by atoms with Crippen molar-refractivity contribution in [2.45, 2.75) is 270 Å². The molecule has 118 heavy (non-hydrogen) atoms. The molecule has 6 N–H and O–H groups in total. The third kappa shape index (κ3) is 35.1. The monoisotopic (exact) mass is 1650 g/mol. The van der Waals surface area contributed by atoms with Gasteiger partial charge in [-0.25, -0.2) is 38.4 Å². The number of benzene rings is 3. The predicted octanol–water partition coefficient (Wildman–Crippen LogP) is 10.7. The van der Waals surface area contributed by atoms with Crippen LogP contribution < -0.4 is 29.9 Å². The van der Waals surface area contributed by atoms with Gasteiger partial charge in [-0.1, -0.05) is 127 Å². The maximum Gasteiger partial charge on any atom is 1.00 e. The number of piperidine rings is 3. The topological polar surface area (TPSA) is 403 Å². The van der Waals surface area contributed by atoms with Crippen LogP contribution in [0.4, 0.5) is 19.2 Å². The van der Waals surface area contributed by atoms with E-state index in [0.717, 1.165) is 56.9 Å². The number of carbonyl (C=O) groups excluding carboxylic acids is 9. The zero-order valence-electron chi connectivity index (χ0n) is 73.0. The Hall–Kier alpha value is -8.99. The minimum absolute atomic E-state index is 0. The molecule has 3 saturated carbocycles. The second kappa shape index (κ2) is 50.2. The van der Waals surface area contributed by atoms with Crippen LogP contribution in [0.1, 0.15) is 209 Å². The summed E-state index contributed by atoms with van der Waals surface area (Å²) in [6, 6.07) is 30.4. The zero-order chi connectivity index (χ0) is 87.0. The fourth-order valence-corrected chi connectivity index (χ4v) is 14.6. The average Bonchev–Trinajstić information content (AvgIpc) is 1.62. The minimum Gasteiger partial charge on any atom is -0.870 e. The molecule has 3 aromatic carbocycles. The third-order valence-corrected chi connectivity index (χ3v) is 19.7. The Kier molecular flexibility index (Phi) is 44.7. The van der Waals surface area contributed by atoms with Crippen LogP contribution in [0.25, 0.3) is 0 Å². The Morgan fingerprint density at radius 2 is 0.949 bits per heavy atom. The molecule has 0 radical (unpaired) electrons. The van der Waals surface area contributed by atoms with Gasteiger partial charge in [-0.3, -0.25) is 29.3 Å². The fraction of sp³-hybridized carbons (Fsp3) is 0.598. The number of esters is 5. The van der Waals surface area contributed by atoms with Crippen molar-refractivity contribution in [3.05, 3.63) is 144 Å². The van der Waals surface area contributed by atoms with E-state index >= 15 is 0 Å². The molecular weight excluding hydrogens is 1520 g/mol. The van der Waals surface area contributed by atoms with E-state index in [9.17, 15) is 53.1 Å². The van der Waals surface area contributed by atoms with Crippen LogP contribution in [-0.2, 0) is 80.9 Å². The number of hydrogen-bond acceptors (Lipinski definition) is 27. The molecular formula is C87H129LiN6O24. The van der Waals surface area contributed by atoms with Gasteiger partial charge < -0.3 is 78.8 Å². The SMILES string of the molecule is C1=CCC=C1.CC(C)(C)OC(=O)N1[C@@H]2CC[C@@H](C2)[C@H]1C(=O)O.CC(C)(C)OC(=O)OC(=O)OC(C)(C)C.COC(=O)C(O)OC.COC(=O)C=N[C@H](C)c1ccccc1.COC(=O)[C@@H]1[C@H]2C=C[C@H](C2)N1[C@H](C)c1ccccc1.COC(=O)[C@@H]1[C@H]2CC[C@H](C2)N1C(=O)OC(C)(C)C.COC(=O)[C@H]1N[C@@H]2CC[C@H]1C2.C[C@@H](N)c1ccccc1.[Li+].[OH-]. The summed E-state index contributed by atoms with van der Waals surface area (Å²) in [7, 11) is 8.01. The number of nitrogens with two attached hydrogens (primary N) is 1. The number of methoxy groups -OCH3 is 6. The number of hydrogen-bond donors (Lipinski definition) is 4. The largest absolute Gasteiger partial charge is 1.00 e. The van der Waals surface area contributed by atoms with Gasteiger partial charge in [0.1, 0.15) is 52.8 Å². The number of carboxylic acid groups (broad SMARTS) is 1. The van der Waals surface area contributed by atoms with Crippen LogP contribution in [0.3, 0.4) is 0 Å². The van der Waals surface area contributed by atoms with E-state index in [1.165, 1.54) is 84.2 Å². The van der Waals surface area contributed by atoms with Crippen molar-refractivity contribution < 1.29 is 135 Å². The zero-order valence-corrected chi connectivity index (χ0v) is 73.0. The van der Waals surface area contributed by atoms with Crippen molar-refractivity contribution in [2.75, 3.05) is 42.7 Å². The van der Waals surface area contributed by atoms with Gasteiger partial charge in [-0.05, 0) is 209 Å². The van der Waals surface area contributed by atoms with Crippen molar-refractivity contribution in [3.63, 3.8) is 0 Å². The van der Waals surface area contributed by atoms with Gasteiger partial charge in [-0.15, -0.1) is 0 Å². The van der Waals surface area contributed by atoms with Crippen LogP contribution >= 0.6 is 0 Å². The summed E-state index contributed by atoms with van der Waals surface area (Å²) in [6.07, 6.45) is 20.7. The van der Waals surface area contributed by atoms with E-state index in [1.54, 1.807) is 67.2 Å². The molecule has 3 aromatic rings. The number of nitrogens with one attached hydrogen (secondary N) is 1. The summed E-state index contributed by atoms with van der Waals surface area (Å²) in [5.74, 6) is -1.45. The molecule has 12 rings (SSSR count). The van der Waals surface area contributed by atoms with E-state index < -0.39 is 83.2 Å². The first kappa shape index (κ1) is 105. The first-order valence-electron chi connectivity index (χ1n) is 39.4. The van der Waals surface area contributed by atoms with Crippen molar-refractivity contribution >= 4 is 66.5 Å². The maximum absolute atomic E-state index is 12.2. The minimum atomic E-state index is -1.44. The second-order valence-electron chi connectivity index (χ2n) is 33.1. The molecule has 4 aliphatic heterocycles. The van der Waals surface area contributed by atoms with E-state index in [2.05, 4.69) is 94.4 Å². The Morgan fingerprint density at radius 3 is 1.31 bits per heavy atom. The standard InChI is InChI=1S/C16H19NO2.C13H21NO4.C12H19NO4.C11H13NO2.C10H18O5.C8H13NO2.C8H11N.C5H6.C4H8O4.Li.H2O/c1-11(12-6-4-3-5-7-12)17-14-9-8-13(10-14)15(17)16(18)19-2;1-13(2,3)18-12(16)14-9-6-5-8(7-9)10(14)11(15)17-4;1-12(2,3)17-11(16)13-8-5-4-7(6-8)9(13)10(14)15;1-9(12-8-11(13)14-2)10-6-4-3-5-7-10;1-9(2,3)14-7(11)13-8(12)15-10(4,5)6;1-11-8(10)7-5-2-3-6(4-5)9-7;1-7(9)8-5-3-2-4-6-8;1-2-4-5-3-1;1-7-3(5)4(6)8-2;;/h3-9,11,13-15H,10H2,1-2H3;8-10H,5-7H2,1-4H3;7-9H,4-6H2,1-3H3,(H,14,15);3-9H,1-2H3;1-6H3;5-7,9H,2-4H2,1H3;2-7H,9H2,1H3;1-4H,5H2;3,5H,1-2H3;;1H2/q;;;;;;;;;+1;/p-1/t11-,13+,14-,15+;8-,9+,10-;7-,8+,9-;9-;;5-,6+,7-;7-;;;;/m1001.01..../s1. The number of rotatable bonds is 12. The Labute approximate surface area is 708 Å². The van der Waals surface area contributed by atoms with E-state index in [-0.39, 0.29) is 96.4 Å². The van der Waals surface area contributed by atoms with Crippen molar-refractivity contribution in [3.8, 4) is 0 Å². The number of ether oxygens (including phenoxy) is 11. The molecule has 5 aliphatic carbocycles. The molecule has 652 valence electrons. The maximum atomic E-state index is 12.2. The molecule has 4 saturated heterocycles. The number of carbonyl (C=O) groups is 10. The van der Waals surface area contributed by atoms with E-state index in [1.807, 2.05) is 113 Å². The molecule has 31 heteroatoms. The number of aliphatic hydroxyl groups is 1. The van der Waals surface area contributed by atoms with Gasteiger partial charge in [0.05, 0.1) is 41.6 Å². The van der Waals surface area contributed by atoms with Gasteiger partial charge in [0.2, 0.25) is 0 Å². The van der Waals surface area contributed by atoms with Crippen molar-refractivity contribution in [1.82, 2.24) is 20.0 Å². The number of carboxylic acids is 1. The number of aliphatic carboxylic acids is 1. The summed E-state index contributed by atoms with van der Waals surface area (Å²) < 4.78 is 51.7. The fourth-order valence-electron chi connectivity index (χ4n) is 14.6. The summed E-state index contributed by atoms with van der Waals surface area (Å²) in [4.78, 5) is 123. The van der Waals surface area contributed by atoms with Crippen LogP contribution in [0, 0.1) is 23.7 Å². The van der Waals surface area contributed by atoms with Crippen molar-refractivity contribution in [1.29, 1.82) is 0 Å². The number of fused-ring (bicyclic) bond motifs is 8. The van der Waals surface area contributed by atoms with Crippen LogP contribution in [0.15, 0.2) is 132 Å². The molecule has 0 aromatic heterocycles. The summed E-state index contributed by atoms with van der Waals surface area (Å²) in [6.45, 7) is 26.9. The average molecular weight is 1650 g/mol. The summed E-state index contributed by atoms with van der Waals surface area (Å²) >= 11 is 0. The number of amides is 2. The quantitative estimate of drug-likeness (QED) is 0.0249. The van der Waals surface area contributed by atoms with E-state index in [4.69, 9.17) is 39.3 Å². The molecule has 9 aliphatic rings. The third-order valence-electron chi connectivity index (χ3n) is 19.7. The molecule has 1 unspecified atom stereocenters. The number of aliphatic hydroxyl groups excluding tert-OH is 1.